The summed E-state index contributed by atoms with van der Waals surface area (Å²) in [6.45, 7) is 0. The molecule has 0 saturated carbocycles. The lowest BCUT2D eigenvalue weighted by molar-refractivity contribution is 0.623. The van der Waals surface area contributed by atoms with Crippen LogP contribution in [-0.4, -0.2) is 14.5 Å². The van der Waals surface area contributed by atoms with Crippen LogP contribution in [0.25, 0.3) is 11.2 Å². The third-order valence-electron chi connectivity index (χ3n) is 3.28. The second-order valence-corrected chi connectivity index (χ2v) is 5.53. The first kappa shape index (κ1) is 11.0. The minimum atomic E-state index is -0.200. The molecular formula is C14H10FN3S. The van der Waals surface area contributed by atoms with Crippen molar-refractivity contribution in [3.8, 4) is 0 Å². The first-order valence-electron chi connectivity index (χ1n) is 6.02. The van der Waals surface area contributed by atoms with Crippen molar-refractivity contribution in [3.63, 3.8) is 0 Å². The summed E-state index contributed by atoms with van der Waals surface area (Å²) in [6.07, 6.45) is 1.75. The predicted octanol–water partition coefficient (Wildman–Crippen LogP) is 3.36. The highest BCUT2D eigenvalue weighted by molar-refractivity contribution is 7.99. The molecule has 1 unspecified atom stereocenters. The number of thioether (sulfide) groups is 1. The number of nitrogens with zero attached hydrogens (tertiary/aromatic N) is 3. The number of halogens is 1. The van der Waals surface area contributed by atoms with E-state index >= 15 is 0 Å². The van der Waals surface area contributed by atoms with E-state index in [1.807, 2.05) is 18.2 Å². The van der Waals surface area contributed by atoms with E-state index < -0.39 is 0 Å². The van der Waals surface area contributed by atoms with Crippen LogP contribution in [0.15, 0.2) is 42.6 Å². The average molecular weight is 271 g/mol. The summed E-state index contributed by atoms with van der Waals surface area (Å²) in [5.41, 5.74) is 2.74. The standard InChI is InChI=1S/C14H10FN3S/c15-10-4-1-3-9(7-10)14-18-11-5-2-6-16-13(11)17-12(18)8-19-14/h1-7,14H,8H2. The van der Waals surface area contributed by atoms with Crippen LogP contribution in [0.1, 0.15) is 16.8 Å². The molecule has 1 aliphatic heterocycles. The van der Waals surface area contributed by atoms with Gasteiger partial charge in [0.1, 0.15) is 17.0 Å². The second-order valence-electron chi connectivity index (χ2n) is 4.46. The Morgan fingerprint density at radius 1 is 1.26 bits per heavy atom. The van der Waals surface area contributed by atoms with Crippen molar-refractivity contribution < 1.29 is 4.39 Å². The van der Waals surface area contributed by atoms with E-state index in [0.29, 0.717) is 0 Å². The van der Waals surface area contributed by atoms with E-state index in [1.165, 1.54) is 6.07 Å². The van der Waals surface area contributed by atoms with Gasteiger partial charge in [0.2, 0.25) is 0 Å². The van der Waals surface area contributed by atoms with Crippen molar-refractivity contribution in [1.29, 1.82) is 0 Å². The number of benzene rings is 1. The van der Waals surface area contributed by atoms with Gasteiger partial charge in [-0.05, 0) is 29.8 Å². The summed E-state index contributed by atoms with van der Waals surface area (Å²) in [5, 5.41) is 0.0832. The quantitative estimate of drug-likeness (QED) is 0.680. The summed E-state index contributed by atoms with van der Waals surface area (Å²) in [4.78, 5) is 8.80. The van der Waals surface area contributed by atoms with Crippen LogP contribution in [0.2, 0.25) is 0 Å². The van der Waals surface area contributed by atoms with Gasteiger partial charge in [-0.25, -0.2) is 14.4 Å². The monoisotopic (exact) mass is 271 g/mol. The van der Waals surface area contributed by atoms with Crippen molar-refractivity contribution in [1.82, 2.24) is 14.5 Å². The molecule has 1 aromatic carbocycles. The fourth-order valence-electron chi connectivity index (χ4n) is 2.47. The molecule has 1 aliphatic rings. The van der Waals surface area contributed by atoms with E-state index in [0.717, 1.165) is 28.3 Å². The van der Waals surface area contributed by atoms with Crippen molar-refractivity contribution in [2.24, 2.45) is 0 Å². The molecule has 0 N–H and O–H groups in total. The molecule has 0 saturated heterocycles. The molecule has 0 radical (unpaired) electrons. The van der Waals surface area contributed by atoms with E-state index in [2.05, 4.69) is 14.5 Å². The zero-order valence-corrected chi connectivity index (χ0v) is 10.8. The van der Waals surface area contributed by atoms with Gasteiger partial charge in [-0.2, -0.15) is 0 Å². The Morgan fingerprint density at radius 2 is 2.21 bits per heavy atom. The average Bonchev–Trinajstić information content (AvgIpc) is 2.97. The molecule has 2 aromatic heterocycles. The number of hydrogen-bond donors (Lipinski definition) is 0. The predicted molar refractivity (Wildman–Crippen MR) is 73.4 cm³/mol. The van der Waals surface area contributed by atoms with Gasteiger partial charge in [0.15, 0.2) is 5.65 Å². The number of aromatic nitrogens is 3. The Morgan fingerprint density at radius 3 is 3.11 bits per heavy atom. The third-order valence-corrected chi connectivity index (χ3v) is 4.50. The van der Waals surface area contributed by atoms with Crippen LogP contribution in [0.3, 0.4) is 0 Å². The van der Waals surface area contributed by atoms with Gasteiger partial charge in [-0.1, -0.05) is 12.1 Å². The zero-order chi connectivity index (χ0) is 12.8. The van der Waals surface area contributed by atoms with Gasteiger partial charge in [0, 0.05) is 6.20 Å². The Balaban J connectivity index is 1.91. The first-order valence-corrected chi connectivity index (χ1v) is 7.07. The molecule has 3 nitrogen and oxygen atoms in total. The molecular weight excluding hydrogens is 261 g/mol. The maximum absolute atomic E-state index is 13.4. The fourth-order valence-corrected chi connectivity index (χ4v) is 3.71. The van der Waals surface area contributed by atoms with Crippen LogP contribution >= 0.6 is 11.8 Å². The highest BCUT2D eigenvalue weighted by Gasteiger charge is 2.28. The molecule has 4 rings (SSSR count). The lowest BCUT2D eigenvalue weighted by Gasteiger charge is -2.13. The first-order chi connectivity index (χ1) is 9.33. The van der Waals surface area contributed by atoms with Gasteiger partial charge in [-0.15, -0.1) is 11.8 Å². The van der Waals surface area contributed by atoms with Gasteiger partial charge in [0.05, 0.1) is 11.3 Å². The molecule has 0 bridgehead atoms. The molecule has 0 spiro atoms. The summed E-state index contributed by atoms with van der Waals surface area (Å²) in [6, 6.07) is 10.7. The molecule has 0 aliphatic carbocycles. The highest BCUT2D eigenvalue weighted by atomic mass is 32.2. The van der Waals surface area contributed by atoms with Crippen molar-refractivity contribution >= 4 is 22.9 Å². The summed E-state index contributed by atoms with van der Waals surface area (Å²) in [5.74, 6) is 1.64. The van der Waals surface area contributed by atoms with Crippen LogP contribution in [0, 0.1) is 5.82 Å². The van der Waals surface area contributed by atoms with Crippen LogP contribution in [0.5, 0.6) is 0 Å². The fraction of sp³-hybridized carbons (Fsp3) is 0.143. The minimum absolute atomic E-state index is 0.0832. The molecule has 94 valence electrons. The van der Waals surface area contributed by atoms with Crippen molar-refractivity contribution in [2.45, 2.75) is 11.1 Å². The Hall–Kier alpha value is -1.88. The number of hydrogen-bond acceptors (Lipinski definition) is 3. The van der Waals surface area contributed by atoms with Gasteiger partial charge in [0.25, 0.3) is 0 Å². The SMILES string of the molecule is Fc1cccc(C2SCc3nc4ncccc4n32)c1. The van der Waals surface area contributed by atoms with Gasteiger partial charge in [-0.3, -0.25) is 0 Å². The zero-order valence-electron chi connectivity index (χ0n) is 9.95. The molecule has 1 atom stereocenters. The lowest BCUT2D eigenvalue weighted by atomic mass is 10.2. The number of pyridine rings is 1. The summed E-state index contributed by atoms with van der Waals surface area (Å²) >= 11 is 1.76. The smallest absolute Gasteiger partial charge is 0.177 e. The molecule has 3 aromatic rings. The largest absolute Gasteiger partial charge is 0.309 e. The van der Waals surface area contributed by atoms with Crippen LogP contribution in [0.4, 0.5) is 4.39 Å². The van der Waals surface area contributed by atoms with Crippen molar-refractivity contribution in [3.05, 3.63) is 59.8 Å². The topological polar surface area (TPSA) is 30.7 Å². The summed E-state index contributed by atoms with van der Waals surface area (Å²) in [7, 11) is 0. The normalized spacial score (nSPS) is 17.8. The molecule has 0 fully saturated rings. The maximum atomic E-state index is 13.4. The van der Waals surface area contributed by atoms with E-state index in [9.17, 15) is 4.39 Å². The van der Waals surface area contributed by atoms with E-state index in [-0.39, 0.29) is 11.2 Å². The van der Waals surface area contributed by atoms with Crippen LogP contribution < -0.4 is 0 Å². The number of fused-ring (bicyclic) bond motifs is 3. The Kier molecular flexibility index (Phi) is 2.35. The van der Waals surface area contributed by atoms with Crippen LogP contribution in [-0.2, 0) is 5.75 Å². The van der Waals surface area contributed by atoms with Gasteiger partial charge >= 0.3 is 0 Å². The molecule has 5 heteroatoms. The molecule has 0 amide bonds. The second kappa shape index (κ2) is 4.06. The van der Waals surface area contributed by atoms with E-state index in [1.54, 1.807) is 30.1 Å². The lowest BCUT2D eigenvalue weighted by Crippen LogP contribution is -2.03. The molecule has 19 heavy (non-hydrogen) atoms. The highest BCUT2D eigenvalue weighted by Crippen LogP contribution is 2.42. The van der Waals surface area contributed by atoms with Gasteiger partial charge < -0.3 is 4.57 Å². The molecule has 3 heterocycles. The minimum Gasteiger partial charge on any atom is -0.309 e. The number of imidazole rings is 1. The Bertz CT molecular complexity index is 768. The van der Waals surface area contributed by atoms with Crippen molar-refractivity contribution in [2.75, 3.05) is 0 Å². The Labute approximate surface area is 113 Å². The third kappa shape index (κ3) is 1.65. The summed E-state index contributed by atoms with van der Waals surface area (Å²) < 4.78 is 15.5. The van der Waals surface area contributed by atoms with E-state index in [4.69, 9.17) is 0 Å². The maximum Gasteiger partial charge on any atom is 0.177 e. The number of rotatable bonds is 1.